The molecule has 0 saturated carbocycles. The van der Waals surface area contributed by atoms with E-state index < -0.39 is 0 Å². The summed E-state index contributed by atoms with van der Waals surface area (Å²) in [6.45, 7) is 12.1. The van der Waals surface area contributed by atoms with Crippen molar-refractivity contribution < 1.29 is 5.21 Å². The summed E-state index contributed by atoms with van der Waals surface area (Å²) in [6.07, 6.45) is 4.51. The summed E-state index contributed by atoms with van der Waals surface area (Å²) in [5.74, 6) is 0. The molecule has 1 N–H and O–H groups in total. The normalized spacial score (nSPS) is 8.36. The summed E-state index contributed by atoms with van der Waals surface area (Å²) < 4.78 is 0. The summed E-state index contributed by atoms with van der Waals surface area (Å²) >= 11 is 0. The molecule has 11 heavy (non-hydrogen) atoms. The molecule has 2 heteroatoms. The molecule has 0 aromatic carbocycles. The zero-order valence-corrected chi connectivity index (χ0v) is 7.58. The van der Waals surface area contributed by atoms with Gasteiger partial charge in [0.2, 0.25) is 0 Å². The molecule has 0 fully saturated rings. The minimum Gasteiger partial charge on any atom is -0.313 e. The van der Waals surface area contributed by atoms with E-state index in [0.29, 0.717) is 13.1 Å². The van der Waals surface area contributed by atoms with Crippen LogP contribution < -0.4 is 0 Å². The third-order valence-electron chi connectivity index (χ3n) is 0.680. The fraction of sp³-hybridized carbons (Fsp3) is 0.556. The Bertz CT molecular complexity index is 81.6. The number of rotatable bonds is 4. The van der Waals surface area contributed by atoms with Crippen LogP contribution in [0.2, 0.25) is 0 Å². The van der Waals surface area contributed by atoms with Crippen LogP contribution in [0.25, 0.3) is 0 Å². The van der Waals surface area contributed by atoms with Gasteiger partial charge in [-0.1, -0.05) is 32.4 Å². The molecule has 0 rings (SSSR count). The van der Waals surface area contributed by atoms with Gasteiger partial charge in [0.1, 0.15) is 0 Å². The predicted octanol–water partition coefficient (Wildman–Crippen LogP) is 2.47. The minimum absolute atomic E-state index is 0.492. The van der Waals surface area contributed by atoms with Gasteiger partial charge in [-0.15, -0.1) is 13.2 Å². The van der Waals surface area contributed by atoms with Crippen molar-refractivity contribution in [3.8, 4) is 0 Å². The van der Waals surface area contributed by atoms with Crippen molar-refractivity contribution in [3.63, 3.8) is 0 Å². The van der Waals surface area contributed by atoms with Crippen LogP contribution in [0.3, 0.4) is 0 Å². The van der Waals surface area contributed by atoms with E-state index in [9.17, 15) is 0 Å². The Morgan fingerprint density at radius 2 is 1.45 bits per heavy atom. The maximum absolute atomic E-state index is 8.74. The first-order valence-electron chi connectivity index (χ1n) is 3.88. The quantitative estimate of drug-likeness (QED) is 0.500. The third-order valence-corrected chi connectivity index (χ3v) is 0.680. The molecule has 0 bridgehead atoms. The molecule has 0 spiro atoms. The second kappa shape index (κ2) is 12.1. The SMILES string of the molecule is C=CCN(O)CC=C.CCC. The first kappa shape index (κ1) is 13.0. The van der Waals surface area contributed by atoms with Gasteiger partial charge in [0.25, 0.3) is 0 Å². The molecule has 0 aromatic heterocycles. The smallest absolute Gasteiger partial charge is 0.0419 e. The molecule has 0 aliphatic carbocycles. The van der Waals surface area contributed by atoms with Crippen molar-refractivity contribution in [1.29, 1.82) is 0 Å². The summed E-state index contributed by atoms with van der Waals surface area (Å²) in [4.78, 5) is 0. The molecule has 0 aromatic rings. The van der Waals surface area contributed by atoms with E-state index in [1.807, 2.05) is 0 Å². The van der Waals surface area contributed by atoms with Crippen LogP contribution in [0.1, 0.15) is 20.3 Å². The van der Waals surface area contributed by atoms with Crippen LogP contribution in [0.4, 0.5) is 0 Å². The molecule has 0 aliphatic rings. The van der Waals surface area contributed by atoms with E-state index in [4.69, 9.17) is 5.21 Å². The highest BCUT2D eigenvalue weighted by atomic mass is 16.5. The Morgan fingerprint density at radius 1 is 1.18 bits per heavy atom. The number of nitrogens with zero attached hydrogens (tertiary/aromatic N) is 1. The molecular weight excluding hydrogens is 138 g/mol. The summed E-state index contributed by atoms with van der Waals surface area (Å²) in [5, 5.41) is 9.86. The van der Waals surface area contributed by atoms with Gasteiger partial charge in [-0.2, -0.15) is 5.06 Å². The average molecular weight is 157 g/mol. The van der Waals surface area contributed by atoms with Gasteiger partial charge in [0.15, 0.2) is 0 Å². The Morgan fingerprint density at radius 3 is 1.64 bits per heavy atom. The molecule has 0 amide bonds. The highest BCUT2D eigenvalue weighted by Crippen LogP contribution is 1.79. The van der Waals surface area contributed by atoms with Gasteiger partial charge >= 0.3 is 0 Å². The lowest BCUT2D eigenvalue weighted by atomic mass is 10.5. The lowest BCUT2D eigenvalue weighted by molar-refractivity contribution is -0.0691. The standard InChI is InChI=1S/C6H11NO.C3H8/c1-3-5-7(8)6-4-2;1-3-2/h3-4,8H,1-2,5-6H2;3H2,1-2H3. The monoisotopic (exact) mass is 157 g/mol. The van der Waals surface area contributed by atoms with Crippen LogP contribution in [0, 0.1) is 0 Å². The van der Waals surface area contributed by atoms with E-state index in [1.54, 1.807) is 12.2 Å². The summed E-state index contributed by atoms with van der Waals surface area (Å²) in [6, 6.07) is 0. The van der Waals surface area contributed by atoms with Crippen molar-refractivity contribution in [2.24, 2.45) is 0 Å². The van der Waals surface area contributed by atoms with Crippen LogP contribution >= 0.6 is 0 Å². The fourth-order valence-electron chi connectivity index (χ4n) is 0.373. The van der Waals surface area contributed by atoms with E-state index in [2.05, 4.69) is 27.0 Å². The largest absolute Gasteiger partial charge is 0.313 e. The van der Waals surface area contributed by atoms with E-state index >= 15 is 0 Å². The van der Waals surface area contributed by atoms with Crippen LogP contribution in [0.5, 0.6) is 0 Å². The molecule has 0 aliphatic heterocycles. The van der Waals surface area contributed by atoms with Gasteiger partial charge in [0, 0.05) is 13.1 Å². The number of hydrogen-bond acceptors (Lipinski definition) is 2. The zero-order valence-electron chi connectivity index (χ0n) is 7.58. The molecular formula is C9H19NO. The van der Waals surface area contributed by atoms with Gasteiger partial charge < -0.3 is 5.21 Å². The Kier molecular flexibility index (Phi) is 14.3. The maximum Gasteiger partial charge on any atom is 0.0419 e. The second-order valence-corrected chi connectivity index (χ2v) is 2.16. The van der Waals surface area contributed by atoms with Crippen LogP contribution in [-0.4, -0.2) is 23.4 Å². The molecule has 0 radical (unpaired) electrons. The summed E-state index contributed by atoms with van der Waals surface area (Å²) in [5.41, 5.74) is 0. The van der Waals surface area contributed by atoms with E-state index in [1.165, 1.54) is 6.42 Å². The van der Waals surface area contributed by atoms with E-state index in [-0.39, 0.29) is 0 Å². The first-order chi connectivity index (χ1) is 5.22. The highest BCUT2D eigenvalue weighted by Gasteiger charge is 1.88. The van der Waals surface area contributed by atoms with Crippen molar-refractivity contribution in [2.45, 2.75) is 20.3 Å². The number of hydroxylamine groups is 2. The topological polar surface area (TPSA) is 23.5 Å². The van der Waals surface area contributed by atoms with Gasteiger partial charge in [-0.25, -0.2) is 0 Å². The maximum atomic E-state index is 8.74. The Balaban J connectivity index is 0. The molecule has 0 heterocycles. The molecule has 66 valence electrons. The number of hydrogen-bond donors (Lipinski definition) is 1. The average Bonchev–Trinajstić information content (AvgIpc) is 1.90. The second-order valence-electron chi connectivity index (χ2n) is 2.16. The van der Waals surface area contributed by atoms with Gasteiger partial charge in [0.05, 0.1) is 0 Å². The van der Waals surface area contributed by atoms with Gasteiger partial charge in [-0.3, -0.25) is 0 Å². The van der Waals surface area contributed by atoms with Crippen molar-refractivity contribution in [3.05, 3.63) is 25.3 Å². The fourth-order valence-corrected chi connectivity index (χ4v) is 0.373. The zero-order chi connectivity index (χ0) is 9.11. The van der Waals surface area contributed by atoms with Crippen molar-refractivity contribution in [1.82, 2.24) is 5.06 Å². The first-order valence-corrected chi connectivity index (χ1v) is 3.88. The van der Waals surface area contributed by atoms with Crippen LogP contribution in [0.15, 0.2) is 25.3 Å². The third kappa shape index (κ3) is 17.7. The Labute approximate surface area is 69.8 Å². The van der Waals surface area contributed by atoms with Crippen molar-refractivity contribution >= 4 is 0 Å². The molecule has 2 nitrogen and oxygen atoms in total. The highest BCUT2D eigenvalue weighted by molar-refractivity contribution is 4.74. The van der Waals surface area contributed by atoms with Crippen molar-refractivity contribution in [2.75, 3.05) is 13.1 Å². The van der Waals surface area contributed by atoms with Gasteiger partial charge in [-0.05, 0) is 0 Å². The van der Waals surface area contributed by atoms with E-state index in [0.717, 1.165) is 5.06 Å². The lowest BCUT2D eigenvalue weighted by Gasteiger charge is -2.06. The van der Waals surface area contributed by atoms with Crippen LogP contribution in [-0.2, 0) is 0 Å². The molecule has 0 unspecified atom stereocenters. The molecule has 0 atom stereocenters. The predicted molar refractivity (Wildman–Crippen MR) is 49.7 cm³/mol. The molecule has 0 saturated heterocycles. The lowest BCUT2D eigenvalue weighted by Crippen LogP contribution is -2.18. The Hall–Kier alpha value is -0.600. The minimum atomic E-state index is 0.492. The summed E-state index contributed by atoms with van der Waals surface area (Å²) in [7, 11) is 0.